The number of nitrogens with zero attached hydrogens (tertiary/aromatic N) is 3. The number of carbonyl (C=O) groups is 1. The Balaban J connectivity index is 1.64. The molecule has 1 aromatic heterocycles. The number of benzene rings is 2. The summed E-state index contributed by atoms with van der Waals surface area (Å²) in [6.45, 7) is 9.98. The Morgan fingerprint density at radius 3 is 2.79 bits per heavy atom. The molecule has 3 aromatic rings. The van der Waals surface area contributed by atoms with E-state index < -0.39 is 11.7 Å². The lowest BCUT2D eigenvalue weighted by Gasteiger charge is -2.32. The van der Waals surface area contributed by atoms with Crippen LogP contribution >= 0.6 is 11.6 Å². The van der Waals surface area contributed by atoms with E-state index in [0.29, 0.717) is 6.04 Å². The van der Waals surface area contributed by atoms with E-state index in [4.69, 9.17) is 18.0 Å². The van der Waals surface area contributed by atoms with Crippen LogP contribution in [-0.2, 0) is 5.41 Å². The third kappa shape index (κ3) is 5.84. The smallest absolute Gasteiger partial charge is 0.254 e. The van der Waals surface area contributed by atoms with Gasteiger partial charge in [0.1, 0.15) is 10.8 Å². The second-order valence-electron chi connectivity index (χ2n) is 10.2. The van der Waals surface area contributed by atoms with Crippen LogP contribution in [-0.4, -0.2) is 35.0 Å². The van der Waals surface area contributed by atoms with Crippen LogP contribution in [0, 0.1) is 18.2 Å². The van der Waals surface area contributed by atoms with Gasteiger partial charge in [-0.3, -0.25) is 4.79 Å². The molecule has 7 nitrogen and oxygen atoms in total. The molecule has 2 aromatic carbocycles. The molecule has 0 atom stereocenters. The molecule has 0 saturated heterocycles. The lowest BCUT2D eigenvalue weighted by Crippen LogP contribution is -2.31. The number of aromatic nitrogens is 2. The van der Waals surface area contributed by atoms with Crippen molar-refractivity contribution in [3.8, 4) is 12.3 Å². The summed E-state index contributed by atoms with van der Waals surface area (Å²) in [6.07, 6.45) is 8.89. The Hall–Kier alpha value is -3.83. The summed E-state index contributed by atoms with van der Waals surface area (Å²) in [4.78, 5) is 23.7. The van der Waals surface area contributed by atoms with Crippen LogP contribution in [0.25, 0.3) is 0 Å². The predicted molar refractivity (Wildman–Crippen MR) is 152 cm³/mol. The zero-order valence-electron chi connectivity index (χ0n) is 22.0. The summed E-state index contributed by atoms with van der Waals surface area (Å²) in [7, 11) is 0. The SMILES string of the molecule is C#CCNC(=O)c1cccc(F)c1Nc1nc(Nc2ccc3c(c2)N(C(C)C)CCCC3(C)C)ncc1Cl. The quantitative estimate of drug-likeness (QED) is 0.304. The van der Waals surface area contributed by atoms with E-state index in [1.807, 2.05) is 6.07 Å². The van der Waals surface area contributed by atoms with Crippen LogP contribution in [0.1, 0.15) is 56.5 Å². The highest BCUT2D eigenvalue weighted by atomic mass is 35.5. The molecule has 0 saturated carbocycles. The van der Waals surface area contributed by atoms with Crippen LogP contribution in [0.4, 0.5) is 33.2 Å². The van der Waals surface area contributed by atoms with Gasteiger partial charge in [-0.2, -0.15) is 4.98 Å². The fourth-order valence-corrected chi connectivity index (χ4v) is 4.87. The van der Waals surface area contributed by atoms with Crippen molar-refractivity contribution in [2.45, 2.75) is 52.0 Å². The number of hydrogen-bond acceptors (Lipinski definition) is 6. The van der Waals surface area contributed by atoms with Crippen LogP contribution in [0.3, 0.4) is 0 Å². The van der Waals surface area contributed by atoms with E-state index in [1.165, 1.54) is 35.6 Å². The molecule has 1 amide bonds. The van der Waals surface area contributed by atoms with Gasteiger partial charge < -0.3 is 20.9 Å². The average Bonchev–Trinajstić information content (AvgIpc) is 3.00. The maximum absolute atomic E-state index is 14.8. The molecule has 0 bridgehead atoms. The number of carbonyl (C=O) groups excluding carboxylic acids is 1. The molecule has 2 heterocycles. The van der Waals surface area contributed by atoms with E-state index in [-0.39, 0.29) is 40.0 Å². The number of amides is 1. The molecule has 198 valence electrons. The Morgan fingerprint density at radius 1 is 1.26 bits per heavy atom. The molecule has 38 heavy (non-hydrogen) atoms. The fraction of sp³-hybridized carbons (Fsp3) is 0.345. The maximum atomic E-state index is 14.8. The van der Waals surface area contributed by atoms with Crippen molar-refractivity contribution in [2.75, 3.05) is 28.6 Å². The van der Waals surface area contributed by atoms with Crippen molar-refractivity contribution in [3.63, 3.8) is 0 Å². The molecule has 1 aliphatic heterocycles. The molecule has 0 aliphatic carbocycles. The van der Waals surface area contributed by atoms with Crippen molar-refractivity contribution in [1.29, 1.82) is 0 Å². The average molecular weight is 535 g/mol. The number of para-hydroxylation sites is 1. The first-order valence-electron chi connectivity index (χ1n) is 12.6. The number of anilines is 5. The molecule has 0 unspecified atom stereocenters. The van der Waals surface area contributed by atoms with Gasteiger partial charge in [0, 0.05) is 24.0 Å². The monoisotopic (exact) mass is 534 g/mol. The lowest BCUT2D eigenvalue weighted by atomic mass is 9.80. The second kappa shape index (κ2) is 11.3. The largest absolute Gasteiger partial charge is 0.369 e. The Labute approximate surface area is 228 Å². The van der Waals surface area contributed by atoms with E-state index in [2.05, 4.69) is 76.6 Å². The summed E-state index contributed by atoms with van der Waals surface area (Å²) in [5, 5.41) is 8.83. The highest BCUT2D eigenvalue weighted by Crippen LogP contribution is 2.41. The number of fused-ring (bicyclic) bond motifs is 1. The summed E-state index contributed by atoms with van der Waals surface area (Å²) in [5.74, 6) is 1.60. The highest BCUT2D eigenvalue weighted by molar-refractivity contribution is 6.33. The highest BCUT2D eigenvalue weighted by Gasteiger charge is 2.30. The Bertz CT molecular complexity index is 1380. The van der Waals surface area contributed by atoms with Gasteiger partial charge in [0.15, 0.2) is 5.82 Å². The van der Waals surface area contributed by atoms with E-state index in [0.717, 1.165) is 25.1 Å². The van der Waals surface area contributed by atoms with Gasteiger partial charge in [-0.1, -0.05) is 43.5 Å². The molecular weight excluding hydrogens is 503 g/mol. The van der Waals surface area contributed by atoms with Gasteiger partial charge >= 0.3 is 0 Å². The van der Waals surface area contributed by atoms with Crippen molar-refractivity contribution < 1.29 is 9.18 Å². The number of hydrogen-bond donors (Lipinski definition) is 3. The van der Waals surface area contributed by atoms with Crippen LogP contribution in [0.15, 0.2) is 42.6 Å². The first kappa shape index (κ1) is 27.2. The first-order chi connectivity index (χ1) is 18.1. The van der Waals surface area contributed by atoms with Gasteiger partial charge in [-0.25, -0.2) is 9.37 Å². The molecular formula is C29H32ClFN6O. The summed E-state index contributed by atoms with van der Waals surface area (Å²) < 4.78 is 14.8. The first-order valence-corrected chi connectivity index (χ1v) is 13.0. The zero-order valence-corrected chi connectivity index (χ0v) is 22.8. The molecule has 0 radical (unpaired) electrons. The van der Waals surface area contributed by atoms with Crippen molar-refractivity contribution in [3.05, 3.63) is 64.6 Å². The Kier molecular flexibility index (Phi) is 8.08. The van der Waals surface area contributed by atoms with Crippen molar-refractivity contribution in [1.82, 2.24) is 15.3 Å². The van der Waals surface area contributed by atoms with Crippen LogP contribution in [0.5, 0.6) is 0 Å². The topological polar surface area (TPSA) is 82.2 Å². The van der Waals surface area contributed by atoms with Gasteiger partial charge in [0.05, 0.1) is 24.0 Å². The maximum Gasteiger partial charge on any atom is 0.254 e. The number of terminal acetylenes is 1. The number of halogens is 2. The van der Waals surface area contributed by atoms with Crippen LogP contribution < -0.4 is 20.9 Å². The number of nitrogens with one attached hydrogen (secondary N) is 3. The lowest BCUT2D eigenvalue weighted by molar-refractivity contribution is 0.0959. The van der Waals surface area contributed by atoms with E-state index >= 15 is 0 Å². The summed E-state index contributed by atoms with van der Waals surface area (Å²) in [6, 6.07) is 10.8. The van der Waals surface area contributed by atoms with Crippen molar-refractivity contribution in [2.24, 2.45) is 0 Å². The molecule has 3 N–H and O–H groups in total. The summed E-state index contributed by atoms with van der Waals surface area (Å²) in [5.41, 5.74) is 3.40. The van der Waals surface area contributed by atoms with Gasteiger partial charge in [-0.05, 0) is 61.9 Å². The minimum absolute atomic E-state index is 0.0172. The zero-order chi connectivity index (χ0) is 27.4. The van der Waals surface area contributed by atoms with E-state index in [1.54, 1.807) is 0 Å². The van der Waals surface area contributed by atoms with Gasteiger partial charge in [0.2, 0.25) is 5.95 Å². The standard InChI is InChI=1S/C29H32ClFN6O/c1-6-14-32-27(38)20-9-7-10-23(31)25(20)35-26-22(30)17-33-28(36-26)34-19-11-12-21-24(16-19)37(18(2)3)15-8-13-29(21,4)5/h1,7,9-12,16-18H,8,13-15H2,2-5H3,(H,32,38)(H2,33,34,35,36). The van der Waals surface area contributed by atoms with Crippen molar-refractivity contribution >= 4 is 46.3 Å². The molecule has 0 spiro atoms. The third-order valence-corrected chi connectivity index (χ3v) is 6.99. The molecule has 0 fully saturated rings. The second-order valence-corrected chi connectivity index (χ2v) is 10.6. The molecule has 4 rings (SSSR count). The molecule has 1 aliphatic rings. The minimum atomic E-state index is -0.635. The minimum Gasteiger partial charge on any atom is -0.369 e. The van der Waals surface area contributed by atoms with Gasteiger partial charge in [-0.15, -0.1) is 6.42 Å². The summed E-state index contributed by atoms with van der Waals surface area (Å²) >= 11 is 6.34. The van der Waals surface area contributed by atoms with Gasteiger partial charge in [0.25, 0.3) is 5.91 Å². The normalized spacial score (nSPS) is 14.3. The molecule has 9 heteroatoms. The fourth-order valence-electron chi connectivity index (χ4n) is 4.73. The van der Waals surface area contributed by atoms with E-state index in [9.17, 15) is 9.18 Å². The van der Waals surface area contributed by atoms with Crippen LogP contribution in [0.2, 0.25) is 5.02 Å². The Morgan fingerprint density at radius 2 is 2.05 bits per heavy atom. The predicted octanol–water partition coefficient (Wildman–Crippen LogP) is 6.41. The third-order valence-electron chi connectivity index (χ3n) is 6.71. The number of rotatable bonds is 7.